The highest BCUT2D eigenvalue weighted by atomic mass is 16.5. The molecule has 2 aromatic carbocycles. The molecular weight excluding hydrogens is 372 g/mol. The number of hydrogen-bond acceptors (Lipinski definition) is 5. The van der Waals surface area contributed by atoms with Gasteiger partial charge in [0, 0.05) is 20.1 Å². The summed E-state index contributed by atoms with van der Waals surface area (Å²) in [5.74, 6) is 2.85. The molecule has 0 aromatic heterocycles. The topological polar surface area (TPSA) is 31.0 Å². The van der Waals surface area contributed by atoms with Crippen LogP contribution in [0.4, 0.5) is 0 Å². The zero-order valence-corrected chi connectivity index (χ0v) is 18.3. The van der Waals surface area contributed by atoms with Gasteiger partial charge in [0.05, 0.1) is 19.0 Å². The van der Waals surface area contributed by atoms with E-state index < -0.39 is 0 Å². The largest absolute Gasteiger partial charge is 0.497 e. The van der Waals surface area contributed by atoms with Crippen molar-refractivity contribution in [3.05, 3.63) is 101 Å². The van der Waals surface area contributed by atoms with Crippen LogP contribution < -0.4 is 10.1 Å². The Labute approximate surface area is 179 Å². The average Bonchev–Trinajstić information content (AvgIpc) is 3.08. The van der Waals surface area contributed by atoms with Gasteiger partial charge in [-0.25, -0.2) is 0 Å². The lowest BCUT2D eigenvalue weighted by molar-refractivity contribution is 0.250. The van der Waals surface area contributed by atoms with Gasteiger partial charge in [-0.15, -0.1) is 0 Å². The van der Waals surface area contributed by atoms with E-state index in [2.05, 4.69) is 90.5 Å². The Morgan fingerprint density at radius 2 is 1.57 bits per heavy atom. The van der Waals surface area contributed by atoms with Gasteiger partial charge in [0.1, 0.15) is 23.1 Å². The molecule has 0 saturated heterocycles. The highest BCUT2D eigenvalue weighted by molar-refractivity contribution is 5.42. The smallest absolute Gasteiger partial charge is 0.135 e. The first-order valence-corrected chi connectivity index (χ1v) is 10.2. The fourth-order valence-corrected chi connectivity index (χ4v) is 4.03. The third-order valence-electron chi connectivity index (χ3n) is 5.93. The maximum atomic E-state index is 5.29. The highest BCUT2D eigenvalue weighted by Gasteiger charge is 2.39. The second-order valence-corrected chi connectivity index (χ2v) is 7.99. The maximum Gasteiger partial charge on any atom is 0.135 e. The van der Waals surface area contributed by atoms with Gasteiger partial charge in [0.15, 0.2) is 0 Å². The molecule has 1 unspecified atom stereocenters. The van der Waals surface area contributed by atoms with Crippen molar-refractivity contribution < 1.29 is 4.74 Å². The molecule has 5 nitrogen and oxygen atoms in total. The Morgan fingerprint density at radius 3 is 2.20 bits per heavy atom. The molecular formula is C25H30N4O. The summed E-state index contributed by atoms with van der Waals surface area (Å²) < 4.78 is 5.29. The predicted molar refractivity (Wildman–Crippen MR) is 121 cm³/mol. The van der Waals surface area contributed by atoms with Crippen molar-refractivity contribution in [2.75, 3.05) is 14.2 Å². The Morgan fingerprint density at radius 1 is 0.967 bits per heavy atom. The van der Waals surface area contributed by atoms with E-state index in [0.717, 1.165) is 41.9 Å². The molecule has 1 N–H and O–H groups in total. The van der Waals surface area contributed by atoms with Crippen LogP contribution in [0.25, 0.3) is 0 Å². The van der Waals surface area contributed by atoms with E-state index in [1.54, 1.807) is 7.11 Å². The van der Waals surface area contributed by atoms with Crippen molar-refractivity contribution in [2.45, 2.75) is 33.1 Å². The van der Waals surface area contributed by atoms with E-state index in [1.165, 1.54) is 16.7 Å². The molecule has 4 rings (SSSR count). The van der Waals surface area contributed by atoms with Gasteiger partial charge in [-0.05, 0) is 37.1 Å². The monoisotopic (exact) mass is 402 g/mol. The molecule has 0 radical (unpaired) electrons. The van der Waals surface area contributed by atoms with Crippen molar-refractivity contribution in [3.63, 3.8) is 0 Å². The zero-order chi connectivity index (χ0) is 21.4. The SMILES string of the molecule is C=C1C2=C(NC(C)N2Cc2ccc(OC)cc2)N(C)C(=C)N1Cc1ccc(C)cc1. The Kier molecular flexibility index (Phi) is 5.20. The summed E-state index contributed by atoms with van der Waals surface area (Å²) in [6.07, 6.45) is 0.156. The van der Waals surface area contributed by atoms with Crippen molar-refractivity contribution in [2.24, 2.45) is 0 Å². The van der Waals surface area contributed by atoms with Gasteiger partial charge in [-0.1, -0.05) is 55.1 Å². The molecule has 2 heterocycles. The number of hydrogen-bond donors (Lipinski definition) is 1. The number of ether oxygens (including phenoxy) is 1. The molecule has 0 spiro atoms. The third kappa shape index (κ3) is 3.52. The first kappa shape index (κ1) is 20.0. The van der Waals surface area contributed by atoms with Crippen LogP contribution >= 0.6 is 0 Å². The summed E-state index contributed by atoms with van der Waals surface area (Å²) in [4.78, 5) is 6.69. The minimum Gasteiger partial charge on any atom is -0.497 e. The maximum absolute atomic E-state index is 5.29. The first-order valence-electron chi connectivity index (χ1n) is 10.2. The zero-order valence-electron chi connectivity index (χ0n) is 18.3. The van der Waals surface area contributed by atoms with Gasteiger partial charge in [-0.2, -0.15) is 0 Å². The lowest BCUT2D eigenvalue weighted by atomic mass is 10.1. The fourth-order valence-electron chi connectivity index (χ4n) is 4.03. The summed E-state index contributed by atoms with van der Waals surface area (Å²) in [5.41, 5.74) is 5.82. The van der Waals surface area contributed by atoms with Crippen LogP contribution in [-0.2, 0) is 13.1 Å². The molecule has 2 aliphatic heterocycles. The van der Waals surface area contributed by atoms with Gasteiger partial charge in [0.2, 0.25) is 0 Å². The molecule has 2 aliphatic rings. The van der Waals surface area contributed by atoms with E-state index in [0.29, 0.717) is 0 Å². The molecule has 0 bridgehead atoms. The Balaban J connectivity index is 1.61. The van der Waals surface area contributed by atoms with Gasteiger partial charge in [0.25, 0.3) is 0 Å². The van der Waals surface area contributed by atoms with Crippen LogP contribution in [0.2, 0.25) is 0 Å². The number of rotatable bonds is 5. The molecule has 1 atom stereocenters. The molecule has 5 heteroatoms. The van der Waals surface area contributed by atoms with Crippen LogP contribution in [0.3, 0.4) is 0 Å². The van der Waals surface area contributed by atoms with Crippen LogP contribution in [0, 0.1) is 6.92 Å². The molecule has 2 aromatic rings. The third-order valence-corrected chi connectivity index (χ3v) is 5.93. The summed E-state index contributed by atoms with van der Waals surface area (Å²) in [7, 11) is 3.75. The first-order chi connectivity index (χ1) is 14.4. The van der Waals surface area contributed by atoms with Crippen LogP contribution in [-0.4, -0.2) is 35.0 Å². The van der Waals surface area contributed by atoms with E-state index in [-0.39, 0.29) is 6.17 Å². The number of aryl methyl sites for hydroxylation is 1. The van der Waals surface area contributed by atoms with Crippen molar-refractivity contribution in [3.8, 4) is 5.75 Å². The minimum absolute atomic E-state index is 0.156. The van der Waals surface area contributed by atoms with Gasteiger partial charge in [-0.3, -0.25) is 0 Å². The summed E-state index contributed by atoms with van der Waals surface area (Å²) in [6.45, 7) is 14.6. The standard InChI is InChI=1S/C25H30N4O/c1-17-7-9-21(10-8-17)15-28-18(2)24-25(27(5)20(28)4)26-19(3)29(24)16-22-11-13-23(30-6)14-12-22/h7-14,19,26H,2,4,15-16H2,1,3,5-6H3. The predicted octanol–water partition coefficient (Wildman–Crippen LogP) is 4.36. The lowest BCUT2D eigenvalue weighted by Crippen LogP contribution is -2.39. The van der Waals surface area contributed by atoms with Crippen LogP contribution in [0.1, 0.15) is 23.6 Å². The van der Waals surface area contributed by atoms with Crippen molar-refractivity contribution >= 4 is 0 Å². The molecule has 0 amide bonds. The molecule has 156 valence electrons. The fraction of sp³-hybridized carbons (Fsp3) is 0.280. The minimum atomic E-state index is 0.156. The van der Waals surface area contributed by atoms with Crippen LogP contribution in [0.5, 0.6) is 5.75 Å². The summed E-state index contributed by atoms with van der Waals surface area (Å²) in [5, 5.41) is 3.61. The second kappa shape index (κ2) is 7.82. The lowest BCUT2D eigenvalue weighted by Gasteiger charge is -2.41. The molecule has 0 saturated carbocycles. The van der Waals surface area contributed by atoms with Crippen molar-refractivity contribution in [1.82, 2.24) is 20.0 Å². The number of nitrogens with zero attached hydrogens (tertiary/aromatic N) is 3. The van der Waals surface area contributed by atoms with E-state index >= 15 is 0 Å². The summed E-state index contributed by atoms with van der Waals surface area (Å²) >= 11 is 0. The molecule has 0 fully saturated rings. The number of methoxy groups -OCH3 is 1. The molecule has 30 heavy (non-hydrogen) atoms. The van der Waals surface area contributed by atoms with E-state index in [1.807, 2.05) is 12.1 Å². The quantitative estimate of drug-likeness (QED) is 0.803. The van der Waals surface area contributed by atoms with Crippen LogP contribution in [0.15, 0.2) is 84.7 Å². The number of nitrogens with one attached hydrogen (secondary N) is 1. The van der Waals surface area contributed by atoms with E-state index in [9.17, 15) is 0 Å². The average molecular weight is 403 g/mol. The van der Waals surface area contributed by atoms with Crippen molar-refractivity contribution in [1.29, 1.82) is 0 Å². The molecule has 0 aliphatic carbocycles. The highest BCUT2D eigenvalue weighted by Crippen LogP contribution is 2.38. The summed E-state index contributed by atoms with van der Waals surface area (Å²) in [6, 6.07) is 16.9. The van der Waals surface area contributed by atoms with Gasteiger partial charge >= 0.3 is 0 Å². The Bertz CT molecular complexity index is 991. The van der Waals surface area contributed by atoms with E-state index in [4.69, 9.17) is 4.74 Å². The second-order valence-electron chi connectivity index (χ2n) is 7.99. The normalized spacial score (nSPS) is 18.7. The Hall–Kier alpha value is -3.34. The number of benzene rings is 2. The van der Waals surface area contributed by atoms with Gasteiger partial charge < -0.3 is 24.8 Å².